The Kier molecular flexibility index (Phi) is 7.02. The Morgan fingerprint density at radius 2 is 1.71 bits per heavy atom. The molecule has 0 radical (unpaired) electrons. The zero-order valence-corrected chi connectivity index (χ0v) is 16.2. The number of rotatable bonds is 8. The fraction of sp³-hybridized carbons (Fsp3) is 0.211. The van der Waals surface area contributed by atoms with Crippen molar-refractivity contribution in [1.82, 2.24) is 4.72 Å². The SMILES string of the molecule is CC(=O)c1cccc(NC(=O)[C@H](C)OC(=O)CNS(=O)(=O)c2ccccc2)c1. The summed E-state index contributed by atoms with van der Waals surface area (Å²) in [6, 6.07) is 13.9. The highest BCUT2D eigenvalue weighted by Gasteiger charge is 2.20. The van der Waals surface area contributed by atoms with Crippen molar-refractivity contribution in [3.8, 4) is 0 Å². The lowest BCUT2D eigenvalue weighted by molar-refractivity contribution is -0.151. The molecule has 0 aromatic heterocycles. The van der Waals surface area contributed by atoms with E-state index < -0.39 is 34.5 Å². The van der Waals surface area contributed by atoms with E-state index in [0.29, 0.717) is 11.3 Å². The standard InChI is InChI=1S/C19H20N2O6S/c1-13(22)15-7-6-8-16(11-15)21-19(24)14(2)27-18(23)12-20-28(25,26)17-9-4-3-5-10-17/h3-11,14,20H,12H2,1-2H3,(H,21,24)/t14-/m0/s1. The van der Waals surface area contributed by atoms with Gasteiger partial charge in [0.25, 0.3) is 5.91 Å². The molecule has 2 aromatic carbocycles. The van der Waals surface area contributed by atoms with E-state index in [2.05, 4.69) is 10.0 Å². The number of sulfonamides is 1. The van der Waals surface area contributed by atoms with Gasteiger partial charge in [0.05, 0.1) is 4.90 Å². The Balaban J connectivity index is 1.89. The van der Waals surface area contributed by atoms with Gasteiger partial charge in [0.1, 0.15) is 6.54 Å². The second kappa shape index (κ2) is 9.25. The first-order valence-corrected chi connectivity index (χ1v) is 9.83. The van der Waals surface area contributed by atoms with Gasteiger partial charge >= 0.3 is 5.97 Å². The molecule has 0 bridgehead atoms. The minimum absolute atomic E-state index is 0.0129. The van der Waals surface area contributed by atoms with E-state index in [1.807, 2.05) is 0 Å². The van der Waals surface area contributed by atoms with Crippen LogP contribution >= 0.6 is 0 Å². The topological polar surface area (TPSA) is 119 Å². The molecule has 0 saturated heterocycles. The van der Waals surface area contributed by atoms with Crippen LogP contribution in [0.5, 0.6) is 0 Å². The summed E-state index contributed by atoms with van der Waals surface area (Å²) in [5.74, 6) is -1.67. The summed E-state index contributed by atoms with van der Waals surface area (Å²) in [6.07, 6.45) is -1.16. The van der Waals surface area contributed by atoms with Gasteiger partial charge in [-0.3, -0.25) is 14.4 Å². The molecule has 0 aliphatic rings. The molecule has 0 heterocycles. The zero-order valence-electron chi connectivity index (χ0n) is 15.3. The highest BCUT2D eigenvalue weighted by Crippen LogP contribution is 2.12. The van der Waals surface area contributed by atoms with Gasteiger partial charge in [-0.1, -0.05) is 30.3 Å². The van der Waals surface area contributed by atoms with E-state index in [4.69, 9.17) is 4.74 Å². The summed E-state index contributed by atoms with van der Waals surface area (Å²) in [6.45, 7) is 2.14. The number of ether oxygens (including phenoxy) is 1. The Hall–Kier alpha value is -3.04. The Morgan fingerprint density at radius 3 is 2.36 bits per heavy atom. The number of esters is 1. The molecule has 0 unspecified atom stereocenters. The third-order valence-electron chi connectivity index (χ3n) is 3.67. The van der Waals surface area contributed by atoms with Crippen molar-refractivity contribution in [2.75, 3.05) is 11.9 Å². The number of anilines is 1. The van der Waals surface area contributed by atoms with Crippen LogP contribution in [0.1, 0.15) is 24.2 Å². The van der Waals surface area contributed by atoms with Crippen molar-refractivity contribution in [3.05, 3.63) is 60.2 Å². The van der Waals surface area contributed by atoms with E-state index in [9.17, 15) is 22.8 Å². The third-order valence-corrected chi connectivity index (χ3v) is 5.09. The number of carbonyl (C=O) groups excluding carboxylic acids is 3. The van der Waals surface area contributed by atoms with Gasteiger partial charge < -0.3 is 10.1 Å². The number of nitrogens with one attached hydrogen (secondary N) is 2. The van der Waals surface area contributed by atoms with Gasteiger partial charge in [0.2, 0.25) is 10.0 Å². The fourth-order valence-electron chi connectivity index (χ4n) is 2.19. The molecule has 0 saturated carbocycles. The molecule has 9 heteroatoms. The molecule has 8 nitrogen and oxygen atoms in total. The number of Topliss-reactive ketones (excluding diaryl/α,β-unsaturated/α-hetero) is 1. The van der Waals surface area contributed by atoms with Crippen LogP contribution in [0.15, 0.2) is 59.5 Å². The first-order valence-electron chi connectivity index (χ1n) is 8.35. The summed E-state index contributed by atoms with van der Waals surface area (Å²) < 4.78 is 31.2. The molecule has 0 aliphatic heterocycles. The third kappa shape index (κ3) is 6.00. The Labute approximate surface area is 163 Å². The van der Waals surface area contributed by atoms with Gasteiger partial charge in [0.15, 0.2) is 11.9 Å². The maximum Gasteiger partial charge on any atom is 0.321 e. The summed E-state index contributed by atoms with van der Waals surface area (Å²) >= 11 is 0. The first kappa shape index (κ1) is 21.3. The largest absolute Gasteiger partial charge is 0.452 e. The first-order chi connectivity index (χ1) is 13.2. The Bertz CT molecular complexity index is 973. The highest BCUT2D eigenvalue weighted by atomic mass is 32.2. The lowest BCUT2D eigenvalue weighted by Crippen LogP contribution is -2.35. The second-order valence-electron chi connectivity index (χ2n) is 5.90. The van der Waals surface area contributed by atoms with Gasteiger partial charge in [-0.25, -0.2) is 8.42 Å². The Morgan fingerprint density at radius 1 is 1.04 bits per heavy atom. The number of amides is 1. The predicted octanol–water partition coefficient (Wildman–Crippen LogP) is 1.74. The van der Waals surface area contributed by atoms with Gasteiger partial charge in [-0.2, -0.15) is 4.72 Å². The van der Waals surface area contributed by atoms with Crippen LogP contribution in [0.2, 0.25) is 0 Å². The van der Waals surface area contributed by atoms with E-state index >= 15 is 0 Å². The molecule has 1 amide bonds. The zero-order chi connectivity index (χ0) is 20.7. The average molecular weight is 404 g/mol. The lowest BCUT2D eigenvalue weighted by atomic mass is 10.1. The van der Waals surface area contributed by atoms with E-state index in [-0.39, 0.29) is 10.7 Å². The normalized spacial score (nSPS) is 12.1. The van der Waals surface area contributed by atoms with Crippen LogP contribution in [-0.2, 0) is 24.3 Å². The van der Waals surface area contributed by atoms with Crippen molar-refractivity contribution in [3.63, 3.8) is 0 Å². The summed E-state index contributed by atoms with van der Waals surface area (Å²) in [7, 11) is -3.86. The number of carbonyl (C=O) groups is 3. The van der Waals surface area contributed by atoms with Crippen molar-refractivity contribution < 1.29 is 27.5 Å². The monoisotopic (exact) mass is 404 g/mol. The van der Waals surface area contributed by atoms with E-state index in [1.165, 1.54) is 32.0 Å². The lowest BCUT2D eigenvalue weighted by Gasteiger charge is -2.14. The van der Waals surface area contributed by atoms with Crippen LogP contribution in [0.4, 0.5) is 5.69 Å². The number of ketones is 1. The molecule has 0 fully saturated rings. The molecule has 148 valence electrons. The summed E-state index contributed by atoms with van der Waals surface area (Å²) in [5, 5.41) is 2.53. The molecular weight excluding hydrogens is 384 g/mol. The van der Waals surface area contributed by atoms with Crippen molar-refractivity contribution >= 4 is 33.4 Å². The van der Waals surface area contributed by atoms with Crippen molar-refractivity contribution in [2.24, 2.45) is 0 Å². The van der Waals surface area contributed by atoms with Crippen LogP contribution in [0, 0.1) is 0 Å². The van der Waals surface area contributed by atoms with E-state index in [1.54, 1.807) is 36.4 Å². The minimum atomic E-state index is -3.86. The van der Waals surface area contributed by atoms with Gasteiger partial charge in [-0.15, -0.1) is 0 Å². The molecule has 0 spiro atoms. The van der Waals surface area contributed by atoms with Crippen LogP contribution in [-0.4, -0.2) is 38.7 Å². The molecule has 28 heavy (non-hydrogen) atoms. The quantitative estimate of drug-likeness (QED) is 0.511. The predicted molar refractivity (Wildman–Crippen MR) is 102 cm³/mol. The average Bonchev–Trinajstić information content (AvgIpc) is 2.67. The van der Waals surface area contributed by atoms with Crippen LogP contribution < -0.4 is 10.0 Å². The molecule has 1 atom stereocenters. The summed E-state index contributed by atoms with van der Waals surface area (Å²) in [5.41, 5.74) is 0.808. The molecule has 0 aliphatic carbocycles. The molecule has 2 aromatic rings. The number of benzene rings is 2. The minimum Gasteiger partial charge on any atom is -0.452 e. The fourth-order valence-corrected chi connectivity index (χ4v) is 3.18. The van der Waals surface area contributed by atoms with Gasteiger partial charge in [0, 0.05) is 11.3 Å². The maximum absolute atomic E-state index is 12.1. The van der Waals surface area contributed by atoms with E-state index in [0.717, 1.165) is 0 Å². The second-order valence-corrected chi connectivity index (χ2v) is 7.66. The van der Waals surface area contributed by atoms with Gasteiger partial charge in [-0.05, 0) is 38.1 Å². The highest BCUT2D eigenvalue weighted by molar-refractivity contribution is 7.89. The van der Waals surface area contributed by atoms with Crippen LogP contribution in [0.3, 0.4) is 0 Å². The maximum atomic E-state index is 12.1. The van der Waals surface area contributed by atoms with Crippen molar-refractivity contribution in [1.29, 1.82) is 0 Å². The molecular formula is C19H20N2O6S. The number of hydrogen-bond acceptors (Lipinski definition) is 6. The van der Waals surface area contributed by atoms with Crippen molar-refractivity contribution in [2.45, 2.75) is 24.8 Å². The smallest absolute Gasteiger partial charge is 0.321 e. The number of hydrogen-bond donors (Lipinski definition) is 2. The van der Waals surface area contributed by atoms with Crippen LogP contribution in [0.25, 0.3) is 0 Å². The molecule has 2 rings (SSSR count). The molecule has 2 N–H and O–H groups in total. The summed E-state index contributed by atoms with van der Waals surface area (Å²) in [4.78, 5) is 35.4.